The lowest BCUT2D eigenvalue weighted by atomic mass is 10.0. The van der Waals surface area contributed by atoms with Crippen molar-refractivity contribution in [3.8, 4) is 5.75 Å². The van der Waals surface area contributed by atoms with Gasteiger partial charge in [-0.25, -0.2) is 0 Å². The van der Waals surface area contributed by atoms with E-state index in [0.717, 1.165) is 24.4 Å². The van der Waals surface area contributed by atoms with Crippen LogP contribution in [-0.4, -0.2) is 42.1 Å². The van der Waals surface area contributed by atoms with Crippen LogP contribution in [0.5, 0.6) is 5.75 Å². The highest BCUT2D eigenvalue weighted by Gasteiger charge is 2.26. The van der Waals surface area contributed by atoms with Crippen LogP contribution < -0.4 is 15.6 Å². The Balaban J connectivity index is 1.63. The summed E-state index contributed by atoms with van der Waals surface area (Å²) in [7, 11) is 1.68. The van der Waals surface area contributed by atoms with Gasteiger partial charge in [-0.2, -0.15) is 0 Å². The summed E-state index contributed by atoms with van der Waals surface area (Å²) >= 11 is 0. The van der Waals surface area contributed by atoms with Crippen LogP contribution in [0.2, 0.25) is 0 Å². The summed E-state index contributed by atoms with van der Waals surface area (Å²) in [5.74, 6) is 0.796. The Morgan fingerprint density at radius 3 is 2.63 bits per heavy atom. The first-order valence-electron chi connectivity index (χ1n) is 9.48. The third-order valence-electron chi connectivity index (χ3n) is 5.05. The molecule has 6 heteroatoms. The summed E-state index contributed by atoms with van der Waals surface area (Å²) in [6.45, 7) is 2.97. The number of benzene rings is 1. The Morgan fingerprint density at radius 2 is 1.89 bits per heavy atom. The molecule has 0 bridgehead atoms. The highest BCUT2D eigenvalue weighted by atomic mass is 16.5. The number of pyridine rings is 1. The van der Waals surface area contributed by atoms with Crippen LogP contribution in [-0.2, 0) is 11.3 Å². The minimum absolute atomic E-state index is 0.0511. The molecule has 27 heavy (non-hydrogen) atoms. The van der Waals surface area contributed by atoms with Gasteiger partial charge in [0.25, 0.3) is 5.56 Å². The molecule has 1 aromatic heterocycles. The van der Waals surface area contributed by atoms with E-state index in [1.54, 1.807) is 30.0 Å². The number of hydrogen-bond acceptors (Lipinski definition) is 4. The molecule has 0 radical (unpaired) electrons. The molecule has 1 amide bonds. The van der Waals surface area contributed by atoms with E-state index in [2.05, 4.69) is 16.3 Å². The first-order valence-corrected chi connectivity index (χ1v) is 9.48. The summed E-state index contributed by atoms with van der Waals surface area (Å²) in [5, 5.41) is 3.05. The molecule has 1 atom stereocenters. The van der Waals surface area contributed by atoms with E-state index in [9.17, 15) is 9.59 Å². The second-order valence-corrected chi connectivity index (χ2v) is 6.79. The highest BCUT2D eigenvalue weighted by molar-refractivity contribution is 5.75. The molecule has 1 unspecified atom stereocenters. The number of aryl methyl sites for hydroxylation is 1. The Hall–Kier alpha value is -2.60. The summed E-state index contributed by atoms with van der Waals surface area (Å²) in [6, 6.07) is 13.1. The van der Waals surface area contributed by atoms with E-state index in [1.807, 2.05) is 18.2 Å². The zero-order chi connectivity index (χ0) is 19.1. The Bertz CT molecular complexity index is 812. The van der Waals surface area contributed by atoms with Crippen molar-refractivity contribution in [3.05, 3.63) is 64.6 Å². The molecule has 144 valence electrons. The largest absolute Gasteiger partial charge is 0.496 e. The van der Waals surface area contributed by atoms with Gasteiger partial charge in [0.2, 0.25) is 5.91 Å². The molecular weight excluding hydrogens is 342 g/mol. The molecule has 1 N–H and O–H groups in total. The van der Waals surface area contributed by atoms with Crippen LogP contribution in [0.1, 0.15) is 30.9 Å². The van der Waals surface area contributed by atoms with Crippen molar-refractivity contribution in [2.75, 3.05) is 26.7 Å². The first-order chi connectivity index (χ1) is 13.2. The van der Waals surface area contributed by atoms with Gasteiger partial charge in [0.1, 0.15) is 5.75 Å². The van der Waals surface area contributed by atoms with E-state index < -0.39 is 0 Å². The van der Waals surface area contributed by atoms with Gasteiger partial charge in [0, 0.05) is 37.3 Å². The fourth-order valence-electron chi connectivity index (χ4n) is 3.60. The number of amides is 1. The minimum atomic E-state index is -0.0886. The van der Waals surface area contributed by atoms with Gasteiger partial charge in [0.05, 0.1) is 13.2 Å². The molecule has 1 aromatic carbocycles. The SMILES string of the molecule is COc1ccccc1C(CNC(=O)CCn1ccccc1=O)N1CCCC1. The molecule has 0 aliphatic carbocycles. The van der Waals surface area contributed by atoms with Crippen LogP contribution in [0.4, 0.5) is 0 Å². The molecule has 0 spiro atoms. The second-order valence-electron chi connectivity index (χ2n) is 6.79. The number of rotatable bonds is 8. The molecule has 1 aliphatic rings. The van der Waals surface area contributed by atoms with E-state index in [0.29, 0.717) is 13.1 Å². The van der Waals surface area contributed by atoms with Crippen molar-refractivity contribution >= 4 is 5.91 Å². The number of likely N-dealkylation sites (tertiary alicyclic amines) is 1. The number of carbonyl (C=O) groups excluding carboxylic acids is 1. The maximum Gasteiger partial charge on any atom is 0.250 e. The smallest absolute Gasteiger partial charge is 0.250 e. The Labute approximate surface area is 159 Å². The maximum absolute atomic E-state index is 12.4. The number of aromatic nitrogens is 1. The van der Waals surface area contributed by atoms with Crippen molar-refractivity contribution < 1.29 is 9.53 Å². The van der Waals surface area contributed by atoms with Gasteiger partial charge < -0.3 is 14.6 Å². The van der Waals surface area contributed by atoms with Gasteiger partial charge in [-0.1, -0.05) is 24.3 Å². The summed E-state index contributed by atoms with van der Waals surface area (Å²) in [5.41, 5.74) is 1.01. The third-order valence-corrected chi connectivity index (χ3v) is 5.05. The lowest BCUT2D eigenvalue weighted by molar-refractivity contribution is -0.121. The summed E-state index contributed by atoms with van der Waals surface area (Å²) in [6.07, 6.45) is 4.34. The average Bonchev–Trinajstić information content (AvgIpc) is 3.22. The maximum atomic E-state index is 12.4. The summed E-state index contributed by atoms with van der Waals surface area (Å²) < 4.78 is 7.09. The zero-order valence-electron chi connectivity index (χ0n) is 15.8. The predicted octanol–water partition coefficient (Wildman–Crippen LogP) is 2.20. The van der Waals surface area contributed by atoms with Crippen molar-refractivity contribution in [1.29, 1.82) is 0 Å². The van der Waals surface area contributed by atoms with Crippen LogP contribution in [0.15, 0.2) is 53.5 Å². The topological polar surface area (TPSA) is 63.6 Å². The van der Waals surface area contributed by atoms with Crippen LogP contribution in [0.25, 0.3) is 0 Å². The normalized spacial score (nSPS) is 15.4. The number of ether oxygens (including phenoxy) is 1. The predicted molar refractivity (Wildman–Crippen MR) is 105 cm³/mol. The van der Waals surface area contributed by atoms with Crippen molar-refractivity contribution in [2.24, 2.45) is 0 Å². The number of para-hydroxylation sites is 1. The number of nitrogens with one attached hydrogen (secondary N) is 1. The van der Waals surface area contributed by atoms with Crippen LogP contribution in [0, 0.1) is 0 Å². The fraction of sp³-hybridized carbons (Fsp3) is 0.429. The molecule has 1 aliphatic heterocycles. The highest BCUT2D eigenvalue weighted by Crippen LogP contribution is 2.31. The molecule has 0 saturated carbocycles. The number of methoxy groups -OCH3 is 1. The second kappa shape index (κ2) is 9.37. The zero-order valence-corrected chi connectivity index (χ0v) is 15.8. The number of carbonyl (C=O) groups is 1. The van der Waals surface area contributed by atoms with Crippen LogP contribution in [0.3, 0.4) is 0 Å². The van der Waals surface area contributed by atoms with Crippen molar-refractivity contribution in [2.45, 2.75) is 31.8 Å². The minimum Gasteiger partial charge on any atom is -0.496 e. The summed E-state index contributed by atoms with van der Waals surface area (Å²) in [4.78, 5) is 26.5. The standard InChI is InChI=1S/C21H27N3O3/c1-27-19-9-3-2-8-17(19)18(23-12-6-7-13-23)16-22-20(25)11-15-24-14-5-4-10-21(24)26/h2-5,8-10,14,18H,6-7,11-13,15-16H2,1H3,(H,22,25). The third kappa shape index (κ3) is 4.98. The van der Waals surface area contributed by atoms with Gasteiger partial charge in [-0.05, 0) is 38.1 Å². The van der Waals surface area contributed by atoms with E-state index >= 15 is 0 Å². The monoisotopic (exact) mass is 369 g/mol. The van der Waals surface area contributed by atoms with Gasteiger partial charge in [-0.3, -0.25) is 14.5 Å². The van der Waals surface area contributed by atoms with Crippen molar-refractivity contribution in [3.63, 3.8) is 0 Å². The lowest BCUT2D eigenvalue weighted by Gasteiger charge is -2.29. The number of nitrogens with zero attached hydrogens (tertiary/aromatic N) is 2. The van der Waals surface area contributed by atoms with Gasteiger partial charge >= 0.3 is 0 Å². The van der Waals surface area contributed by atoms with E-state index in [4.69, 9.17) is 4.74 Å². The molecule has 3 rings (SSSR count). The first kappa shape index (κ1) is 19.2. The van der Waals surface area contributed by atoms with E-state index in [1.165, 1.54) is 18.9 Å². The molecule has 2 heterocycles. The molecule has 6 nitrogen and oxygen atoms in total. The Morgan fingerprint density at radius 1 is 1.15 bits per heavy atom. The van der Waals surface area contributed by atoms with Crippen LogP contribution >= 0.6 is 0 Å². The van der Waals surface area contributed by atoms with Crippen molar-refractivity contribution in [1.82, 2.24) is 14.8 Å². The average molecular weight is 369 g/mol. The fourth-order valence-corrected chi connectivity index (χ4v) is 3.60. The number of hydrogen-bond donors (Lipinski definition) is 1. The molecule has 1 saturated heterocycles. The quantitative estimate of drug-likeness (QED) is 0.775. The van der Waals surface area contributed by atoms with Gasteiger partial charge in [-0.15, -0.1) is 0 Å². The van der Waals surface area contributed by atoms with Gasteiger partial charge in [0.15, 0.2) is 0 Å². The molecule has 2 aromatic rings. The van der Waals surface area contributed by atoms with E-state index in [-0.39, 0.29) is 23.9 Å². The molecule has 1 fully saturated rings. The molecular formula is C21H27N3O3. The Kier molecular flexibility index (Phi) is 6.65. The lowest BCUT2D eigenvalue weighted by Crippen LogP contribution is -2.37.